The number of amides is 1. The summed E-state index contributed by atoms with van der Waals surface area (Å²) >= 11 is 1.85. The summed E-state index contributed by atoms with van der Waals surface area (Å²) < 4.78 is 1.89. The minimum absolute atomic E-state index is 0.0612. The number of nitrogens with one attached hydrogen (secondary N) is 1. The first kappa shape index (κ1) is 11.1. The van der Waals surface area contributed by atoms with Crippen LogP contribution < -0.4 is 5.32 Å². The molecule has 1 atom stereocenters. The van der Waals surface area contributed by atoms with E-state index < -0.39 is 0 Å². The van der Waals surface area contributed by atoms with Gasteiger partial charge in [0.25, 0.3) is 5.91 Å². The van der Waals surface area contributed by atoms with Gasteiger partial charge < -0.3 is 5.32 Å². The number of aromatic nitrogens is 2. The van der Waals surface area contributed by atoms with Crippen LogP contribution in [0.5, 0.6) is 0 Å². The van der Waals surface area contributed by atoms with Gasteiger partial charge in [-0.15, -0.1) is 0 Å². The number of nitrogens with zero attached hydrogens (tertiary/aromatic N) is 2. The lowest BCUT2D eigenvalue weighted by molar-refractivity contribution is -0.118. The fourth-order valence-corrected chi connectivity index (χ4v) is 3.75. The summed E-state index contributed by atoms with van der Waals surface area (Å²) in [5, 5.41) is 7.61. The Labute approximate surface area is 115 Å². The third-order valence-corrected chi connectivity index (χ3v) is 4.66. The lowest BCUT2D eigenvalue weighted by Crippen LogP contribution is -2.19. The van der Waals surface area contributed by atoms with Crippen molar-refractivity contribution in [3.05, 3.63) is 47.2 Å². The van der Waals surface area contributed by atoms with Gasteiger partial charge in [0, 0.05) is 23.5 Å². The van der Waals surface area contributed by atoms with E-state index >= 15 is 0 Å². The van der Waals surface area contributed by atoms with E-state index in [-0.39, 0.29) is 11.9 Å². The van der Waals surface area contributed by atoms with Crippen LogP contribution in [-0.2, 0) is 22.7 Å². The van der Waals surface area contributed by atoms with Crippen LogP contribution in [0.1, 0.15) is 22.9 Å². The van der Waals surface area contributed by atoms with Gasteiger partial charge in [0.2, 0.25) is 0 Å². The molecule has 3 heterocycles. The van der Waals surface area contributed by atoms with Gasteiger partial charge in [-0.2, -0.15) is 16.9 Å². The quantitative estimate of drug-likeness (QED) is 0.912. The predicted octanol–water partition coefficient (Wildman–Crippen LogP) is 2.37. The van der Waals surface area contributed by atoms with Crippen LogP contribution in [0.3, 0.4) is 0 Å². The lowest BCUT2D eigenvalue weighted by atomic mass is 10.1. The fourth-order valence-electron chi connectivity index (χ4n) is 2.72. The zero-order valence-corrected chi connectivity index (χ0v) is 11.1. The topological polar surface area (TPSA) is 46.9 Å². The molecule has 4 rings (SSSR count). The SMILES string of the molecule is O=C1Nc2c3c(nn2C1Cc1ccccc1)CSC3. The van der Waals surface area contributed by atoms with Crippen molar-refractivity contribution in [1.29, 1.82) is 0 Å². The van der Waals surface area contributed by atoms with Crippen molar-refractivity contribution in [2.24, 2.45) is 0 Å². The summed E-state index contributed by atoms with van der Waals surface area (Å²) in [6.07, 6.45) is 0.702. The smallest absolute Gasteiger partial charge is 0.250 e. The van der Waals surface area contributed by atoms with Crippen LogP contribution >= 0.6 is 11.8 Å². The Kier molecular flexibility index (Phi) is 2.41. The van der Waals surface area contributed by atoms with Gasteiger partial charge in [-0.05, 0) is 5.56 Å². The number of benzene rings is 1. The maximum atomic E-state index is 12.1. The molecule has 1 N–H and O–H groups in total. The van der Waals surface area contributed by atoms with E-state index in [0.717, 1.165) is 23.0 Å². The Morgan fingerprint density at radius 2 is 2.16 bits per heavy atom. The maximum Gasteiger partial charge on any atom is 0.250 e. The predicted molar refractivity (Wildman–Crippen MR) is 75.0 cm³/mol. The molecule has 2 aliphatic rings. The Balaban J connectivity index is 1.70. The Hall–Kier alpha value is -1.75. The second-order valence-corrected chi connectivity index (χ2v) is 5.89. The molecule has 1 aromatic heterocycles. The summed E-state index contributed by atoms with van der Waals surface area (Å²) in [7, 11) is 0. The van der Waals surface area contributed by atoms with Gasteiger partial charge in [0.05, 0.1) is 5.69 Å². The zero-order valence-electron chi connectivity index (χ0n) is 10.3. The fraction of sp³-hybridized carbons (Fsp3) is 0.286. The van der Waals surface area contributed by atoms with Gasteiger partial charge in [-0.3, -0.25) is 4.79 Å². The van der Waals surface area contributed by atoms with Crippen LogP contribution in [0, 0.1) is 0 Å². The van der Waals surface area contributed by atoms with Crippen molar-refractivity contribution in [2.75, 3.05) is 5.32 Å². The molecule has 0 saturated heterocycles. The highest BCUT2D eigenvalue weighted by Gasteiger charge is 2.36. The van der Waals surface area contributed by atoms with E-state index in [9.17, 15) is 4.79 Å². The molecule has 19 heavy (non-hydrogen) atoms. The van der Waals surface area contributed by atoms with Crippen molar-refractivity contribution in [1.82, 2.24) is 9.78 Å². The number of hydrogen-bond acceptors (Lipinski definition) is 3. The minimum atomic E-state index is -0.201. The molecule has 0 fully saturated rings. The number of rotatable bonds is 2. The first-order valence-electron chi connectivity index (χ1n) is 6.36. The summed E-state index contributed by atoms with van der Waals surface area (Å²) in [5.41, 5.74) is 3.52. The molecule has 0 saturated carbocycles. The Bertz CT molecular complexity index is 650. The number of carbonyl (C=O) groups is 1. The molecule has 2 aromatic rings. The van der Waals surface area contributed by atoms with Crippen LogP contribution in [0.25, 0.3) is 0 Å². The standard InChI is InChI=1S/C14H13N3OS/c18-14-12(6-9-4-2-1-3-5-9)17-13(15-14)10-7-19-8-11(10)16-17/h1-5,12H,6-8H2,(H,15,18). The summed E-state index contributed by atoms with van der Waals surface area (Å²) in [6.45, 7) is 0. The first-order chi connectivity index (χ1) is 9.33. The van der Waals surface area contributed by atoms with E-state index in [2.05, 4.69) is 22.5 Å². The van der Waals surface area contributed by atoms with Gasteiger partial charge >= 0.3 is 0 Å². The van der Waals surface area contributed by atoms with E-state index in [1.807, 2.05) is 34.6 Å². The normalized spacial score (nSPS) is 20.2. The highest BCUT2D eigenvalue weighted by atomic mass is 32.2. The molecule has 1 aromatic carbocycles. The molecule has 96 valence electrons. The van der Waals surface area contributed by atoms with Gasteiger partial charge in [0.1, 0.15) is 11.9 Å². The van der Waals surface area contributed by atoms with Crippen molar-refractivity contribution in [3.8, 4) is 0 Å². The summed E-state index contributed by atoms with van der Waals surface area (Å²) in [5.74, 6) is 2.91. The van der Waals surface area contributed by atoms with Gasteiger partial charge in [-0.1, -0.05) is 30.3 Å². The average molecular weight is 271 g/mol. The molecule has 5 heteroatoms. The lowest BCUT2D eigenvalue weighted by Gasteiger charge is -2.09. The van der Waals surface area contributed by atoms with Crippen molar-refractivity contribution >= 4 is 23.5 Å². The largest absolute Gasteiger partial charge is 0.309 e. The van der Waals surface area contributed by atoms with Gasteiger partial charge in [0.15, 0.2) is 0 Å². The number of fused-ring (bicyclic) bond motifs is 3. The number of anilines is 1. The Morgan fingerprint density at radius 1 is 1.32 bits per heavy atom. The van der Waals surface area contributed by atoms with E-state index in [0.29, 0.717) is 6.42 Å². The molecule has 1 amide bonds. The third-order valence-electron chi connectivity index (χ3n) is 3.69. The molecular formula is C14H13N3OS. The minimum Gasteiger partial charge on any atom is -0.309 e. The van der Waals surface area contributed by atoms with E-state index in [1.54, 1.807) is 0 Å². The van der Waals surface area contributed by atoms with Crippen LogP contribution in [0.15, 0.2) is 30.3 Å². The maximum absolute atomic E-state index is 12.1. The van der Waals surface area contributed by atoms with E-state index in [1.165, 1.54) is 11.1 Å². The van der Waals surface area contributed by atoms with Crippen molar-refractivity contribution in [3.63, 3.8) is 0 Å². The number of carbonyl (C=O) groups excluding carboxylic acids is 1. The summed E-state index contributed by atoms with van der Waals surface area (Å²) in [4.78, 5) is 12.1. The second kappa shape index (κ2) is 4.13. The molecule has 0 radical (unpaired) electrons. The molecule has 2 aliphatic heterocycles. The zero-order chi connectivity index (χ0) is 12.8. The summed E-state index contributed by atoms with van der Waals surface area (Å²) in [6, 6.07) is 9.90. The van der Waals surface area contributed by atoms with Crippen molar-refractivity contribution in [2.45, 2.75) is 24.0 Å². The average Bonchev–Trinajstić information content (AvgIpc) is 3.06. The van der Waals surface area contributed by atoms with Crippen LogP contribution in [0.4, 0.5) is 5.82 Å². The van der Waals surface area contributed by atoms with Crippen molar-refractivity contribution < 1.29 is 4.79 Å². The molecule has 0 spiro atoms. The third kappa shape index (κ3) is 1.69. The molecular weight excluding hydrogens is 258 g/mol. The molecule has 0 bridgehead atoms. The first-order valence-corrected chi connectivity index (χ1v) is 7.51. The Morgan fingerprint density at radius 3 is 3.00 bits per heavy atom. The molecule has 1 unspecified atom stereocenters. The van der Waals surface area contributed by atoms with Crippen LogP contribution in [0.2, 0.25) is 0 Å². The highest BCUT2D eigenvalue weighted by molar-refractivity contribution is 7.98. The second-order valence-electron chi connectivity index (χ2n) is 4.91. The van der Waals surface area contributed by atoms with Crippen LogP contribution in [-0.4, -0.2) is 15.7 Å². The van der Waals surface area contributed by atoms with Gasteiger partial charge in [-0.25, -0.2) is 4.68 Å². The highest BCUT2D eigenvalue weighted by Crippen LogP contribution is 2.39. The molecule has 0 aliphatic carbocycles. The molecule has 4 nitrogen and oxygen atoms in total. The van der Waals surface area contributed by atoms with E-state index in [4.69, 9.17) is 0 Å². The number of hydrogen-bond donors (Lipinski definition) is 1. The number of thioether (sulfide) groups is 1. The monoisotopic (exact) mass is 271 g/mol.